The molecule has 0 aliphatic heterocycles. The normalized spacial score (nSPS) is 16.2. The van der Waals surface area contributed by atoms with Crippen LogP contribution in [0, 0.1) is 17.2 Å². The van der Waals surface area contributed by atoms with Gasteiger partial charge in [0.1, 0.15) is 16.6 Å². The monoisotopic (exact) mass is 407 g/mol. The van der Waals surface area contributed by atoms with Gasteiger partial charge in [0, 0.05) is 4.88 Å². The summed E-state index contributed by atoms with van der Waals surface area (Å²) < 4.78 is 0. The maximum absolute atomic E-state index is 12.7. The highest BCUT2D eigenvalue weighted by Gasteiger charge is 2.27. The molecule has 150 valence electrons. The van der Waals surface area contributed by atoms with Gasteiger partial charge in [-0.2, -0.15) is 5.26 Å². The van der Waals surface area contributed by atoms with Gasteiger partial charge < -0.3 is 11.1 Å². The molecule has 0 spiro atoms. The number of hydrogen-bond donors (Lipinski definition) is 2. The van der Waals surface area contributed by atoms with Crippen molar-refractivity contribution in [1.29, 1.82) is 5.26 Å². The summed E-state index contributed by atoms with van der Waals surface area (Å²) in [6, 6.07) is 9.72. The summed E-state index contributed by atoms with van der Waals surface area (Å²) in [6.07, 6.45) is 4.20. The van der Waals surface area contributed by atoms with Crippen molar-refractivity contribution in [2.75, 3.05) is 5.32 Å². The molecule has 1 aromatic carbocycles. The first kappa shape index (κ1) is 20.8. The van der Waals surface area contributed by atoms with Crippen LogP contribution in [-0.2, 0) is 17.6 Å². The zero-order valence-corrected chi connectivity index (χ0v) is 17.7. The van der Waals surface area contributed by atoms with E-state index in [1.54, 1.807) is 6.08 Å². The van der Waals surface area contributed by atoms with Gasteiger partial charge in [-0.25, -0.2) is 0 Å². The number of carbonyl (C=O) groups excluding carboxylic acids is 2. The molecular formula is C23H25N3O2S. The SMILES string of the molecule is CC1CCc2c(sc(NC(=O)/C(C#N)=C/c3ccc(C(C)C)cc3)c2C(N)=O)C1. The molecule has 1 aromatic heterocycles. The number of carbonyl (C=O) groups is 2. The van der Waals surface area contributed by atoms with Crippen molar-refractivity contribution in [3.8, 4) is 6.07 Å². The van der Waals surface area contributed by atoms with E-state index in [9.17, 15) is 14.9 Å². The van der Waals surface area contributed by atoms with E-state index >= 15 is 0 Å². The lowest BCUT2D eigenvalue weighted by molar-refractivity contribution is -0.112. The maximum atomic E-state index is 12.7. The zero-order valence-electron chi connectivity index (χ0n) is 16.9. The predicted octanol–water partition coefficient (Wildman–Crippen LogP) is 4.64. The van der Waals surface area contributed by atoms with E-state index in [2.05, 4.69) is 26.1 Å². The molecule has 1 atom stereocenters. The van der Waals surface area contributed by atoms with Crippen LogP contribution in [0.5, 0.6) is 0 Å². The highest BCUT2D eigenvalue weighted by Crippen LogP contribution is 2.39. The Morgan fingerprint density at radius 1 is 1.31 bits per heavy atom. The molecule has 29 heavy (non-hydrogen) atoms. The second-order valence-corrected chi connectivity index (χ2v) is 8.97. The number of nitriles is 1. The molecule has 0 fully saturated rings. The van der Waals surface area contributed by atoms with E-state index in [0.717, 1.165) is 35.3 Å². The van der Waals surface area contributed by atoms with Crippen molar-refractivity contribution < 1.29 is 9.59 Å². The second kappa shape index (κ2) is 8.62. The van der Waals surface area contributed by atoms with Crippen LogP contribution in [0.3, 0.4) is 0 Å². The van der Waals surface area contributed by atoms with Gasteiger partial charge in [-0.15, -0.1) is 11.3 Å². The van der Waals surface area contributed by atoms with Crippen molar-refractivity contribution in [3.05, 3.63) is 57.0 Å². The number of benzene rings is 1. The van der Waals surface area contributed by atoms with Crippen molar-refractivity contribution >= 4 is 34.2 Å². The Balaban J connectivity index is 1.86. The number of thiophene rings is 1. The third-order valence-electron chi connectivity index (χ3n) is 5.26. The molecule has 1 heterocycles. The van der Waals surface area contributed by atoms with Crippen LogP contribution in [0.25, 0.3) is 6.08 Å². The fourth-order valence-corrected chi connectivity index (χ4v) is 4.97. The average Bonchev–Trinajstić information content (AvgIpc) is 3.03. The topological polar surface area (TPSA) is 96.0 Å². The molecule has 5 nitrogen and oxygen atoms in total. The molecule has 1 aliphatic carbocycles. The number of anilines is 1. The smallest absolute Gasteiger partial charge is 0.266 e. The van der Waals surface area contributed by atoms with Crippen molar-refractivity contribution in [2.24, 2.45) is 11.7 Å². The molecule has 1 aliphatic rings. The second-order valence-electron chi connectivity index (χ2n) is 7.87. The van der Waals surface area contributed by atoms with Gasteiger partial charge in [-0.1, -0.05) is 45.0 Å². The molecular weight excluding hydrogens is 382 g/mol. The molecule has 3 rings (SSSR count). The van der Waals surface area contributed by atoms with Gasteiger partial charge in [-0.3, -0.25) is 9.59 Å². The summed E-state index contributed by atoms with van der Waals surface area (Å²) >= 11 is 1.39. The van der Waals surface area contributed by atoms with Crippen molar-refractivity contribution in [2.45, 2.75) is 46.0 Å². The molecule has 0 saturated heterocycles. The van der Waals surface area contributed by atoms with Gasteiger partial charge in [0.25, 0.3) is 11.8 Å². The maximum Gasteiger partial charge on any atom is 0.266 e. The first-order valence-electron chi connectivity index (χ1n) is 9.77. The third kappa shape index (κ3) is 4.57. The first-order valence-corrected chi connectivity index (χ1v) is 10.6. The number of nitrogens with two attached hydrogens (primary N) is 1. The van der Waals surface area contributed by atoms with Crippen LogP contribution in [-0.4, -0.2) is 11.8 Å². The van der Waals surface area contributed by atoms with Crippen molar-refractivity contribution in [3.63, 3.8) is 0 Å². The average molecular weight is 408 g/mol. The van der Waals surface area contributed by atoms with Crippen molar-refractivity contribution in [1.82, 2.24) is 0 Å². The molecule has 2 aromatic rings. The van der Waals surface area contributed by atoms with Gasteiger partial charge in [-0.05, 0) is 53.9 Å². The largest absolute Gasteiger partial charge is 0.365 e. The first-order chi connectivity index (χ1) is 13.8. The number of amides is 2. The summed E-state index contributed by atoms with van der Waals surface area (Å²) in [4.78, 5) is 25.9. The molecule has 6 heteroatoms. The standard InChI is InChI=1S/C23H25N3O2S/c1-13(2)16-7-5-15(6-8-16)11-17(12-24)22(28)26-23-20(21(25)27)18-9-4-14(3)10-19(18)29-23/h5-8,11,13-14H,4,9-10H2,1-3H3,(H2,25,27)(H,26,28)/b17-11+. The Kier molecular flexibility index (Phi) is 6.19. The number of fused-ring (bicyclic) bond motifs is 1. The lowest BCUT2D eigenvalue weighted by Crippen LogP contribution is -2.19. The number of nitrogens with one attached hydrogen (secondary N) is 1. The molecule has 0 bridgehead atoms. The number of primary amides is 1. The lowest BCUT2D eigenvalue weighted by atomic mass is 9.88. The van der Waals surface area contributed by atoms with E-state index in [4.69, 9.17) is 5.73 Å². The van der Waals surface area contributed by atoms with Gasteiger partial charge >= 0.3 is 0 Å². The van der Waals surface area contributed by atoms with Crippen LogP contribution < -0.4 is 11.1 Å². The van der Waals surface area contributed by atoms with Crippen LogP contribution in [0.4, 0.5) is 5.00 Å². The third-order valence-corrected chi connectivity index (χ3v) is 6.43. The Bertz CT molecular complexity index is 1010. The lowest BCUT2D eigenvalue weighted by Gasteiger charge is -2.18. The fraction of sp³-hybridized carbons (Fsp3) is 0.348. The molecule has 3 N–H and O–H groups in total. The molecule has 0 saturated carbocycles. The number of nitrogens with zero attached hydrogens (tertiary/aromatic N) is 1. The van der Waals surface area contributed by atoms with Crippen LogP contribution in [0.15, 0.2) is 29.8 Å². The minimum atomic E-state index is -0.542. The quantitative estimate of drug-likeness (QED) is 0.558. The summed E-state index contributed by atoms with van der Waals surface area (Å²) in [7, 11) is 0. The predicted molar refractivity (Wildman–Crippen MR) is 117 cm³/mol. The number of hydrogen-bond acceptors (Lipinski definition) is 4. The molecule has 1 unspecified atom stereocenters. The Morgan fingerprint density at radius 2 is 2.00 bits per heavy atom. The minimum absolute atomic E-state index is 0.0162. The zero-order chi connectivity index (χ0) is 21.1. The summed E-state index contributed by atoms with van der Waals surface area (Å²) in [5, 5.41) is 12.7. The summed E-state index contributed by atoms with van der Waals surface area (Å²) in [5.74, 6) is -0.130. The Morgan fingerprint density at radius 3 is 2.59 bits per heavy atom. The fourth-order valence-electron chi connectivity index (χ4n) is 3.56. The van der Waals surface area contributed by atoms with Gasteiger partial charge in [0.15, 0.2) is 0 Å². The minimum Gasteiger partial charge on any atom is -0.365 e. The molecule has 2 amide bonds. The highest BCUT2D eigenvalue weighted by atomic mass is 32.1. The van der Waals surface area contributed by atoms with E-state index < -0.39 is 11.8 Å². The highest BCUT2D eigenvalue weighted by molar-refractivity contribution is 7.17. The summed E-state index contributed by atoms with van der Waals surface area (Å²) in [6.45, 7) is 6.39. The van der Waals surface area contributed by atoms with E-state index in [1.807, 2.05) is 30.3 Å². The van der Waals surface area contributed by atoms with E-state index in [1.165, 1.54) is 16.9 Å². The van der Waals surface area contributed by atoms with E-state index in [-0.39, 0.29) is 5.57 Å². The van der Waals surface area contributed by atoms with Gasteiger partial charge in [0.2, 0.25) is 0 Å². The van der Waals surface area contributed by atoms with Crippen LogP contribution >= 0.6 is 11.3 Å². The summed E-state index contributed by atoms with van der Waals surface area (Å²) in [5.41, 5.74) is 8.89. The van der Waals surface area contributed by atoms with Crippen LogP contribution in [0.2, 0.25) is 0 Å². The number of rotatable bonds is 5. The van der Waals surface area contributed by atoms with Gasteiger partial charge in [0.05, 0.1) is 5.56 Å². The molecule has 0 radical (unpaired) electrons. The Hall–Kier alpha value is -2.91. The van der Waals surface area contributed by atoms with E-state index in [0.29, 0.717) is 22.4 Å². The Labute approximate surface area is 175 Å². The van der Waals surface area contributed by atoms with Crippen LogP contribution in [0.1, 0.15) is 65.0 Å².